The lowest BCUT2D eigenvalue weighted by molar-refractivity contribution is 0.0570. The molecule has 2 aromatic heterocycles. The maximum Gasteiger partial charge on any atom is 0.261 e. The number of amides is 2. The van der Waals surface area contributed by atoms with Crippen LogP contribution in [0.5, 0.6) is 0 Å². The van der Waals surface area contributed by atoms with E-state index >= 15 is 4.39 Å². The van der Waals surface area contributed by atoms with Gasteiger partial charge in [-0.1, -0.05) is 12.1 Å². The normalized spacial score (nSPS) is 24.1. The van der Waals surface area contributed by atoms with E-state index in [-0.39, 0.29) is 37.2 Å². The summed E-state index contributed by atoms with van der Waals surface area (Å²) in [5.41, 5.74) is 0.398. The van der Waals surface area contributed by atoms with Crippen molar-refractivity contribution in [2.24, 2.45) is 5.92 Å². The van der Waals surface area contributed by atoms with Gasteiger partial charge in [-0.15, -0.1) is 0 Å². The topological polar surface area (TPSA) is 107 Å². The number of piperidine rings is 1. The number of halogens is 1. The Morgan fingerprint density at radius 1 is 1.14 bits per heavy atom. The molecule has 2 N–H and O–H groups in total. The van der Waals surface area contributed by atoms with Gasteiger partial charge in [-0.3, -0.25) is 19.6 Å². The van der Waals surface area contributed by atoms with E-state index in [1.165, 1.54) is 17.7 Å². The Balaban J connectivity index is 1.18. The molecule has 2 unspecified atom stereocenters. The number of carbonyl (C=O) groups excluding carboxylic acids is 2. The average molecular weight is 476 g/mol. The van der Waals surface area contributed by atoms with Crippen LogP contribution in [0.15, 0.2) is 42.6 Å². The van der Waals surface area contributed by atoms with E-state index < -0.39 is 5.67 Å². The van der Waals surface area contributed by atoms with Crippen LogP contribution in [0.2, 0.25) is 0 Å². The van der Waals surface area contributed by atoms with Crippen LogP contribution in [0.1, 0.15) is 58.5 Å². The maximum absolute atomic E-state index is 15.4. The summed E-state index contributed by atoms with van der Waals surface area (Å²) in [5, 5.41) is 10.5. The van der Waals surface area contributed by atoms with Crippen molar-refractivity contribution in [3.63, 3.8) is 0 Å². The molecule has 10 heteroatoms. The van der Waals surface area contributed by atoms with Crippen LogP contribution < -0.4 is 10.2 Å². The van der Waals surface area contributed by atoms with Crippen LogP contribution in [-0.4, -0.2) is 62.2 Å². The first-order valence-corrected chi connectivity index (χ1v) is 11.9. The van der Waals surface area contributed by atoms with E-state index in [1.54, 1.807) is 48.4 Å². The Hall–Kier alpha value is -3.82. The van der Waals surface area contributed by atoms with Gasteiger partial charge in [0.2, 0.25) is 5.95 Å². The van der Waals surface area contributed by atoms with Crippen molar-refractivity contribution in [2.45, 2.75) is 37.8 Å². The van der Waals surface area contributed by atoms with Crippen molar-refractivity contribution < 1.29 is 14.0 Å². The SMILES string of the molecule is CC1(F)CC(CN2C(=O)c3ccccc3C2=O)CN(c2nccc(Nc3cc(C4CC4)[nH]n3)n2)C1. The molecule has 1 saturated heterocycles. The second kappa shape index (κ2) is 8.14. The number of nitrogens with zero attached hydrogens (tertiary/aromatic N) is 5. The molecular formula is C25H26FN7O2. The largest absolute Gasteiger partial charge is 0.337 e. The lowest BCUT2D eigenvalue weighted by atomic mass is 9.88. The summed E-state index contributed by atoms with van der Waals surface area (Å²) in [7, 11) is 0. The number of hydrogen-bond donors (Lipinski definition) is 2. The molecule has 6 rings (SSSR count). The minimum Gasteiger partial charge on any atom is -0.337 e. The first-order valence-electron chi connectivity index (χ1n) is 11.9. The van der Waals surface area contributed by atoms with Crippen molar-refractivity contribution in [1.29, 1.82) is 0 Å². The van der Waals surface area contributed by atoms with Crippen LogP contribution >= 0.6 is 0 Å². The second-order valence-corrected chi connectivity index (χ2v) is 9.98. The quantitative estimate of drug-likeness (QED) is 0.524. The summed E-state index contributed by atoms with van der Waals surface area (Å²) >= 11 is 0. The summed E-state index contributed by atoms with van der Waals surface area (Å²) in [6.45, 7) is 2.26. The number of nitrogens with one attached hydrogen (secondary N) is 2. The number of rotatable bonds is 6. The highest BCUT2D eigenvalue weighted by Gasteiger charge is 2.42. The summed E-state index contributed by atoms with van der Waals surface area (Å²) in [6, 6.07) is 10.5. The van der Waals surface area contributed by atoms with Gasteiger partial charge in [0.05, 0.1) is 17.7 Å². The lowest BCUT2D eigenvalue weighted by Gasteiger charge is -2.40. The Morgan fingerprint density at radius 2 is 1.89 bits per heavy atom. The van der Waals surface area contributed by atoms with Crippen LogP contribution in [0.3, 0.4) is 0 Å². The molecule has 4 heterocycles. The fourth-order valence-corrected chi connectivity index (χ4v) is 5.15. The molecule has 1 aromatic carbocycles. The van der Waals surface area contributed by atoms with Crippen molar-refractivity contribution >= 4 is 29.4 Å². The standard InChI is InChI=1S/C25H26FN7O2/c1-25(26)11-15(13-33-22(34)17-4-2-3-5-18(17)23(33)35)12-32(14-25)24-27-9-8-20(29-24)28-21-10-19(30-31-21)16-6-7-16/h2-5,8-10,15-16H,6-7,11-14H2,1H3,(H2,27,28,29,30,31). The molecule has 180 valence electrons. The number of aromatic nitrogens is 4. The van der Waals surface area contributed by atoms with E-state index in [0.29, 0.717) is 41.2 Å². The number of carbonyl (C=O) groups is 2. The molecule has 2 aliphatic heterocycles. The van der Waals surface area contributed by atoms with Crippen LogP contribution in [0.4, 0.5) is 22.0 Å². The number of anilines is 3. The van der Waals surface area contributed by atoms with E-state index in [1.807, 2.05) is 6.07 Å². The highest BCUT2D eigenvalue weighted by atomic mass is 19.1. The molecule has 1 aliphatic carbocycles. The number of fused-ring (bicyclic) bond motifs is 1. The zero-order valence-electron chi connectivity index (χ0n) is 19.4. The molecule has 1 saturated carbocycles. The monoisotopic (exact) mass is 475 g/mol. The predicted molar refractivity (Wildman–Crippen MR) is 128 cm³/mol. The fraction of sp³-hybridized carbons (Fsp3) is 0.400. The third-order valence-corrected chi connectivity index (χ3v) is 6.83. The molecule has 0 spiro atoms. The zero-order valence-corrected chi connectivity index (χ0v) is 19.4. The van der Waals surface area contributed by atoms with E-state index in [2.05, 4.69) is 25.5 Å². The lowest BCUT2D eigenvalue weighted by Crippen LogP contribution is -2.51. The molecule has 9 nitrogen and oxygen atoms in total. The van der Waals surface area contributed by atoms with Crippen molar-refractivity contribution in [2.75, 3.05) is 29.9 Å². The molecule has 0 radical (unpaired) electrons. The first kappa shape index (κ1) is 21.7. The summed E-state index contributed by atoms with van der Waals surface area (Å²) in [4.78, 5) is 37.6. The Bertz CT molecular complexity index is 1270. The van der Waals surface area contributed by atoms with Gasteiger partial charge in [-0.2, -0.15) is 10.1 Å². The summed E-state index contributed by atoms with van der Waals surface area (Å²) in [5.74, 6) is 1.29. The van der Waals surface area contributed by atoms with Gasteiger partial charge in [-0.05, 0) is 50.3 Å². The van der Waals surface area contributed by atoms with Gasteiger partial charge in [0.1, 0.15) is 11.5 Å². The number of aromatic amines is 1. The molecule has 0 bridgehead atoms. The summed E-state index contributed by atoms with van der Waals surface area (Å²) in [6.07, 6.45) is 4.23. The smallest absolute Gasteiger partial charge is 0.261 e. The number of hydrogen-bond acceptors (Lipinski definition) is 7. The Kier molecular flexibility index (Phi) is 5.05. The van der Waals surface area contributed by atoms with Gasteiger partial charge < -0.3 is 10.2 Å². The van der Waals surface area contributed by atoms with Crippen LogP contribution in [0.25, 0.3) is 0 Å². The molecular weight excluding hydrogens is 449 g/mol. The van der Waals surface area contributed by atoms with Crippen molar-refractivity contribution in [3.05, 3.63) is 59.4 Å². The molecule has 2 fully saturated rings. The fourth-order valence-electron chi connectivity index (χ4n) is 5.15. The molecule has 3 aliphatic rings. The number of alkyl halides is 1. The first-order chi connectivity index (χ1) is 16.9. The average Bonchev–Trinajstić information content (AvgIpc) is 3.54. The van der Waals surface area contributed by atoms with E-state index in [0.717, 1.165) is 5.69 Å². The predicted octanol–water partition coefficient (Wildman–Crippen LogP) is 3.67. The van der Waals surface area contributed by atoms with Crippen molar-refractivity contribution in [3.8, 4) is 0 Å². The van der Waals surface area contributed by atoms with Gasteiger partial charge in [0.15, 0.2) is 5.82 Å². The maximum atomic E-state index is 15.4. The minimum absolute atomic E-state index is 0.128. The van der Waals surface area contributed by atoms with E-state index in [4.69, 9.17) is 0 Å². The zero-order chi connectivity index (χ0) is 24.2. The van der Waals surface area contributed by atoms with Crippen LogP contribution in [-0.2, 0) is 0 Å². The summed E-state index contributed by atoms with van der Waals surface area (Å²) < 4.78 is 15.4. The third kappa shape index (κ3) is 4.24. The van der Waals surface area contributed by atoms with Crippen LogP contribution in [0, 0.1) is 5.92 Å². The highest BCUT2D eigenvalue weighted by molar-refractivity contribution is 6.21. The minimum atomic E-state index is -1.52. The van der Waals surface area contributed by atoms with Gasteiger partial charge in [0.25, 0.3) is 11.8 Å². The van der Waals surface area contributed by atoms with Gasteiger partial charge >= 0.3 is 0 Å². The van der Waals surface area contributed by atoms with Gasteiger partial charge in [-0.25, -0.2) is 9.37 Å². The Labute approximate surface area is 201 Å². The third-order valence-electron chi connectivity index (χ3n) is 6.83. The number of benzene rings is 1. The van der Waals surface area contributed by atoms with Gasteiger partial charge in [0, 0.05) is 37.0 Å². The van der Waals surface area contributed by atoms with Crippen molar-refractivity contribution in [1.82, 2.24) is 25.1 Å². The number of H-pyrrole nitrogens is 1. The number of imide groups is 1. The Morgan fingerprint density at radius 3 is 2.60 bits per heavy atom. The molecule has 3 aromatic rings. The molecule has 2 atom stereocenters. The molecule has 35 heavy (non-hydrogen) atoms. The van der Waals surface area contributed by atoms with E-state index in [9.17, 15) is 9.59 Å². The highest BCUT2D eigenvalue weighted by Crippen LogP contribution is 2.39. The molecule has 2 amide bonds. The second-order valence-electron chi connectivity index (χ2n) is 9.98.